The fourth-order valence-corrected chi connectivity index (χ4v) is 2.24. The van der Waals surface area contributed by atoms with E-state index in [4.69, 9.17) is 14.7 Å². The molecule has 3 atom stereocenters. The average molecular weight is 241 g/mol. The summed E-state index contributed by atoms with van der Waals surface area (Å²) in [5, 5.41) is 8.74. The Balaban J connectivity index is 1.80. The Morgan fingerprint density at radius 1 is 1.33 bits per heavy atom. The Hall–Kier alpha value is -2.12. The van der Waals surface area contributed by atoms with Crippen LogP contribution in [0.15, 0.2) is 36.1 Å². The highest BCUT2D eigenvalue weighted by molar-refractivity contribution is 5.91. The normalized spacial score (nSPS) is 28.4. The number of ketones is 1. The Bertz CT molecular complexity index is 568. The van der Waals surface area contributed by atoms with E-state index in [-0.39, 0.29) is 24.1 Å². The van der Waals surface area contributed by atoms with Crippen molar-refractivity contribution in [1.29, 1.82) is 5.26 Å². The fraction of sp³-hybridized carbons (Fsp3) is 0.286. The minimum Gasteiger partial charge on any atom is -0.461 e. The first kappa shape index (κ1) is 11.0. The Morgan fingerprint density at radius 3 is 2.67 bits per heavy atom. The van der Waals surface area contributed by atoms with Crippen molar-refractivity contribution in [2.24, 2.45) is 5.92 Å². The molecule has 1 fully saturated rings. The first-order valence-corrected chi connectivity index (χ1v) is 5.74. The molecule has 2 heterocycles. The minimum absolute atomic E-state index is 0.0772. The zero-order chi connectivity index (χ0) is 12.7. The summed E-state index contributed by atoms with van der Waals surface area (Å²) in [5.74, 6) is 0.407. The van der Waals surface area contributed by atoms with Gasteiger partial charge in [0, 0.05) is 6.92 Å². The highest BCUT2D eigenvalue weighted by atomic mass is 16.7. The van der Waals surface area contributed by atoms with Crippen molar-refractivity contribution in [1.82, 2.24) is 0 Å². The number of nitrogens with zero attached hydrogens (tertiary/aromatic N) is 1. The molecule has 3 rings (SSSR count). The van der Waals surface area contributed by atoms with Crippen LogP contribution in [0.2, 0.25) is 0 Å². The topological polar surface area (TPSA) is 59.3 Å². The Morgan fingerprint density at radius 2 is 2.06 bits per heavy atom. The van der Waals surface area contributed by atoms with E-state index >= 15 is 0 Å². The first-order chi connectivity index (χ1) is 8.69. The molecule has 0 aliphatic carbocycles. The standard InChI is InChI=1S/C14H11NO3/c1-8(16)12-6-11-13(18-14(11)17-12)10-4-2-9(7-15)3-5-10/h2-6,11,13-14H,1H3/t11-,13-,14+/m1/s1. The number of ether oxygens (including phenoxy) is 2. The molecule has 0 amide bonds. The number of nitriles is 1. The Kier molecular flexibility index (Phi) is 2.42. The maximum atomic E-state index is 11.2. The SMILES string of the molecule is CC(=O)C1=C[C@H]2[C@@H](O1)O[C@@H]2c1ccc(C#N)cc1. The molecular weight excluding hydrogens is 230 g/mol. The summed E-state index contributed by atoms with van der Waals surface area (Å²) in [5.41, 5.74) is 1.62. The number of Topliss-reactive ketones (excluding diaryl/α,β-unsaturated/α-hetero) is 1. The number of carbonyl (C=O) groups excluding carboxylic acids is 1. The summed E-state index contributed by atoms with van der Waals surface area (Å²) in [7, 11) is 0. The van der Waals surface area contributed by atoms with Gasteiger partial charge in [0.15, 0.2) is 11.5 Å². The fourth-order valence-electron chi connectivity index (χ4n) is 2.24. The van der Waals surface area contributed by atoms with Crippen LogP contribution in [-0.2, 0) is 14.3 Å². The van der Waals surface area contributed by atoms with Gasteiger partial charge in [0.25, 0.3) is 0 Å². The largest absolute Gasteiger partial charge is 0.461 e. The number of carbonyl (C=O) groups is 1. The predicted molar refractivity (Wildman–Crippen MR) is 62.1 cm³/mol. The molecule has 0 unspecified atom stereocenters. The first-order valence-electron chi connectivity index (χ1n) is 5.74. The number of hydrogen-bond donors (Lipinski definition) is 0. The lowest BCUT2D eigenvalue weighted by Gasteiger charge is -2.38. The summed E-state index contributed by atoms with van der Waals surface area (Å²) in [6.45, 7) is 1.48. The van der Waals surface area contributed by atoms with Crippen molar-refractivity contribution in [2.75, 3.05) is 0 Å². The van der Waals surface area contributed by atoms with Crippen LogP contribution in [0.1, 0.15) is 24.2 Å². The molecule has 4 heteroatoms. The maximum absolute atomic E-state index is 11.2. The third kappa shape index (κ3) is 1.60. The lowest BCUT2D eigenvalue weighted by atomic mass is 9.90. The van der Waals surface area contributed by atoms with Crippen LogP contribution in [0.5, 0.6) is 0 Å². The van der Waals surface area contributed by atoms with Crippen LogP contribution in [0.4, 0.5) is 0 Å². The van der Waals surface area contributed by atoms with E-state index in [2.05, 4.69) is 6.07 Å². The second kappa shape index (κ2) is 3.97. The third-order valence-electron chi connectivity index (χ3n) is 3.25. The van der Waals surface area contributed by atoms with Crippen molar-refractivity contribution in [3.8, 4) is 6.07 Å². The molecule has 1 saturated heterocycles. The van der Waals surface area contributed by atoms with E-state index in [0.29, 0.717) is 11.3 Å². The van der Waals surface area contributed by atoms with Crippen LogP contribution >= 0.6 is 0 Å². The van der Waals surface area contributed by atoms with Gasteiger partial charge in [-0.05, 0) is 23.8 Å². The van der Waals surface area contributed by atoms with Gasteiger partial charge in [-0.3, -0.25) is 4.79 Å². The second-order valence-corrected chi connectivity index (χ2v) is 4.44. The van der Waals surface area contributed by atoms with Crippen LogP contribution in [-0.4, -0.2) is 12.1 Å². The zero-order valence-electron chi connectivity index (χ0n) is 9.79. The van der Waals surface area contributed by atoms with Crippen molar-refractivity contribution < 1.29 is 14.3 Å². The van der Waals surface area contributed by atoms with E-state index in [1.165, 1.54) is 6.92 Å². The molecule has 4 nitrogen and oxygen atoms in total. The van der Waals surface area contributed by atoms with E-state index in [9.17, 15) is 4.79 Å². The second-order valence-electron chi connectivity index (χ2n) is 4.44. The average Bonchev–Trinajstić information content (AvgIpc) is 2.68. The molecule has 0 saturated carbocycles. The summed E-state index contributed by atoms with van der Waals surface area (Å²) in [4.78, 5) is 11.2. The summed E-state index contributed by atoms with van der Waals surface area (Å²) < 4.78 is 10.9. The molecular formula is C14H11NO3. The van der Waals surface area contributed by atoms with Gasteiger partial charge in [0.1, 0.15) is 0 Å². The highest BCUT2D eigenvalue weighted by Crippen LogP contribution is 2.47. The quantitative estimate of drug-likeness (QED) is 0.795. The van der Waals surface area contributed by atoms with Crippen molar-refractivity contribution >= 4 is 5.78 Å². The van der Waals surface area contributed by atoms with E-state index in [1.54, 1.807) is 12.1 Å². The number of hydrogen-bond acceptors (Lipinski definition) is 4. The molecule has 0 aromatic heterocycles. The lowest BCUT2D eigenvalue weighted by Crippen LogP contribution is -2.39. The summed E-state index contributed by atoms with van der Waals surface area (Å²) in [6.07, 6.45) is 1.42. The number of fused-ring (bicyclic) bond motifs is 1. The van der Waals surface area contributed by atoms with E-state index in [0.717, 1.165) is 5.56 Å². The smallest absolute Gasteiger partial charge is 0.209 e. The van der Waals surface area contributed by atoms with Gasteiger partial charge in [-0.15, -0.1) is 0 Å². The van der Waals surface area contributed by atoms with Crippen molar-refractivity contribution in [3.05, 3.63) is 47.2 Å². The van der Waals surface area contributed by atoms with Gasteiger partial charge in [-0.25, -0.2) is 0 Å². The van der Waals surface area contributed by atoms with Gasteiger partial charge in [-0.2, -0.15) is 5.26 Å². The number of benzene rings is 1. The monoisotopic (exact) mass is 241 g/mol. The highest BCUT2D eigenvalue weighted by Gasteiger charge is 2.48. The van der Waals surface area contributed by atoms with Crippen LogP contribution < -0.4 is 0 Å². The molecule has 1 aromatic carbocycles. The van der Waals surface area contributed by atoms with E-state index in [1.807, 2.05) is 18.2 Å². The molecule has 1 aromatic rings. The molecule has 18 heavy (non-hydrogen) atoms. The van der Waals surface area contributed by atoms with Gasteiger partial charge >= 0.3 is 0 Å². The molecule has 0 N–H and O–H groups in total. The molecule has 2 aliphatic heterocycles. The van der Waals surface area contributed by atoms with Crippen LogP contribution in [0, 0.1) is 17.2 Å². The molecule has 0 spiro atoms. The van der Waals surface area contributed by atoms with Gasteiger partial charge in [0.05, 0.1) is 23.7 Å². The Labute approximate surface area is 104 Å². The zero-order valence-corrected chi connectivity index (χ0v) is 9.79. The number of allylic oxidation sites excluding steroid dienone is 1. The molecule has 0 radical (unpaired) electrons. The maximum Gasteiger partial charge on any atom is 0.209 e. The summed E-state index contributed by atoms with van der Waals surface area (Å²) >= 11 is 0. The van der Waals surface area contributed by atoms with Gasteiger partial charge in [-0.1, -0.05) is 12.1 Å². The predicted octanol–water partition coefficient (Wildman–Crippen LogP) is 2.07. The van der Waals surface area contributed by atoms with Gasteiger partial charge < -0.3 is 9.47 Å². The minimum atomic E-state index is -0.329. The van der Waals surface area contributed by atoms with Crippen molar-refractivity contribution in [2.45, 2.75) is 19.3 Å². The van der Waals surface area contributed by atoms with Crippen LogP contribution in [0.25, 0.3) is 0 Å². The third-order valence-corrected chi connectivity index (χ3v) is 3.25. The van der Waals surface area contributed by atoms with Gasteiger partial charge in [0.2, 0.25) is 6.29 Å². The molecule has 90 valence electrons. The summed E-state index contributed by atoms with van der Waals surface area (Å²) in [6, 6.07) is 9.35. The van der Waals surface area contributed by atoms with E-state index < -0.39 is 0 Å². The van der Waals surface area contributed by atoms with Crippen molar-refractivity contribution in [3.63, 3.8) is 0 Å². The molecule has 2 aliphatic rings. The number of rotatable bonds is 2. The van der Waals surface area contributed by atoms with Crippen LogP contribution in [0.3, 0.4) is 0 Å². The lowest BCUT2D eigenvalue weighted by molar-refractivity contribution is -0.261. The molecule has 0 bridgehead atoms.